The summed E-state index contributed by atoms with van der Waals surface area (Å²) in [7, 11) is 0. The van der Waals surface area contributed by atoms with Crippen LogP contribution in [0.15, 0.2) is 18.2 Å². The van der Waals surface area contributed by atoms with Crippen LogP contribution in [0, 0.1) is 19.8 Å². The SMILES string of the molecule is Cc1cccc(C)c1OCCNC(=O)CCC1CCNCC1.Cl. The molecule has 0 radical (unpaired) electrons. The Kier molecular flexibility index (Phi) is 9.03. The van der Waals surface area contributed by atoms with Crippen LogP contribution in [0.1, 0.15) is 36.8 Å². The van der Waals surface area contributed by atoms with Crippen LogP contribution in [0.3, 0.4) is 0 Å². The van der Waals surface area contributed by atoms with Crippen LogP contribution < -0.4 is 15.4 Å². The van der Waals surface area contributed by atoms with Crippen molar-refractivity contribution < 1.29 is 9.53 Å². The smallest absolute Gasteiger partial charge is 0.220 e. The third kappa shape index (κ3) is 6.80. The van der Waals surface area contributed by atoms with Gasteiger partial charge in [0.05, 0.1) is 6.54 Å². The second kappa shape index (κ2) is 10.5. The summed E-state index contributed by atoms with van der Waals surface area (Å²) in [5, 5.41) is 6.30. The zero-order valence-corrected chi connectivity index (χ0v) is 15.0. The average Bonchev–Trinajstić information content (AvgIpc) is 2.53. The molecule has 1 aromatic rings. The number of nitrogens with one attached hydrogen (secondary N) is 2. The lowest BCUT2D eigenvalue weighted by molar-refractivity contribution is -0.121. The lowest BCUT2D eigenvalue weighted by atomic mass is 9.93. The summed E-state index contributed by atoms with van der Waals surface area (Å²) in [6.45, 7) is 7.36. The van der Waals surface area contributed by atoms with Gasteiger partial charge in [-0.2, -0.15) is 0 Å². The minimum atomic E-state index is 0. The van der Waals surface area contributed by atoms with Crippen LogP contribution in [0.2, 0.25) is 0 Å². The molecular weight excluding hydrogens is 312 g/mol. The van der Waals surface area contributed by atoms with Crippen molar-refractivity contribution in [1.82, 2.24) is 10.6 Å². The maximum Gasteiger partial charge on any atom is 0.220 e. The molecule has 130 valence electrons. The van der Waals surface area contributed by atoms with E-state index in [2.05, 4.69) is 10.6 Å². The molecule has 0 atom stereocenters. The van der Waals surface area contributed by atoms with E-state index >= 15 is 0 Å². The molecule has 2 rings (SSSR count). The molecule has 0 saturated carbocycles. The van der Waals surface area contributed by atoms with E-state index in [0.717, 1.165) is 36.4 Å². The Morgan fingerprint density at radius 1 is 1.26 bits per heavy atom. The van der Waals surface area contributed by atoms with E-state index in [-0.39, 0.29) is 18.3 Å². The summed E-state index contributed by atoms with van der Waals surface area (Å²) in [4.78, 5) is 11.8. The number of para-hydroxylation sites is 1. The van der Waals surface area contributed by atoms with Crippen LogP contribution in [0.4, 0.5) is 0 Å². The highest BCUT2D eigenvalue weighted by molar-refractivity contribution is 5.85. The number of ether oxygens (including phenoxy) is 1. The van der Waals surface area contributed by atoms with Crippen molar-refractivity contribution in [3.63, 3.8) is 0 Å². The topological polar surface area (TPSA) is 50.4 Å². The van der Waals surface area contributed by atoms with Crippen LogP contribution in [0.5, 0.6) is 5.75 Å². The summed E-state index contributed by atoms with van der Waals surface area (Å²) >= 11 is 0. The number of rotatable bonds is 7. The molecule has 1 aliphatic heterocycles. The molecule has 4 nitrogen and oxygen atoms in total. The van der Waals surface area contributed by atoms with Crippen molar-refractivity contribution in [1.29, 1.82) is 0 Å². The molecular formula is C18H29ClN2O2. The van der Waals surface area contributed by atoms with Crippen molar-refractivity contribution in [2.24, 2.45) is 5.92 Å². The van der Waals surface area contributed by atoms with Gasteiger partial charge in [0, 0.05) is 6.42 Å². The van der Waals surface area contributed by atoms with Gasteiger partial charge in [-0.1, -0.05) is 18.2 Å². The van der Waals surface area contributed by atoms with E-state index in [1.807, 2.05) is 32.0 Å². The van der Waals surface area contributed by atoms with E-state index in [4.69, 9.17) is 4.74 Å². The lowest BCUT2D eigenvalue weighted by Gasteiger charge is -2.22. The molecule has 5 heteroatoms. The molecule has 0 aliphatic carbocycles. The summed E-state index contributed by atoms with van der Waals surface area (Å²) in [6.07, 6.45) is 4.03. The van der Waals surface area contributed by atoms with Crippen LogP contribution in [-0.4, -0.2) is 32.1 Å². The quantitative estimate of drug-likeness (QED) is 0.750. The monoisotopic (exact) mass is 340 g/mol. The van der Waals surface area contributed by atoms with Crippen molar-refractivity contribution in [3.8, 4) is 5.75 Å². The number of amides is 1. The van der Waals surface area contributed by atoms with E-state index in [1.165, 1.54) is 12.8 Å². The Balaban J connectivity index is 0.00000264. The highest BCUT2D eigenvalue weighted by atomic mass is 35.5. The highest BCUT2D eigenvalue weighted by Gasteiger charge is 2.14. The first-order valence-electron chi connectivity index (χ1n) is 8.33. The second-order valence-electron chi connectivity index (χ2n) is 6.15. The first-order chi connectivity index (χ1) is 10.7. The molecule has 0 unspecified atom stereocenters. The third-order valence-electron chi connectivity index (χ3n) is 4.32. The van der Waals surface area contributed by atoms with E-state index in [9.17, 15) is 4.79 Å². The zero-order chi connectivity index (χ0) is 15.8. The van der Waals surface area contributed by atoms with Gasteiger partial charge in [0.2, 0.25) is 5.91 Å². The third-order valence-corrected chi connectivity index (χ3v) is 4.32. The average molecular weight is 341 g/mol. The molecule has 1 amide bonds. The lowest BCUT2D eigenvalue weighted by Crippen LogP contribution is -2.31. The fraction of sp³-hybridized carbons (Fsp3) is 0.611. The predicted molar refractivity (Wildman–Crippen MR) is 96.5 cm³/mol. The van der Waals surface area contributed by atoms with Crippen molar-refractivity contribution >= 4 is 18.3 Å². The summed E-state index contributed by atoms with van der Waals surface area (Å²) in [5.41, 5.74) is 2.27. The van der Waals surface area contributed by atoms with Crippen LogP contribution >= 0.6 is 12.4 Å². The van der Waals surface area contributed by atoms with Gasteiger partial charge in [-0.3, -0.25) is 4.79 Å². The van der Waals surface area contributed by atoms with Gasteiger partial charge >= 0.3 is 0 Å². The Labute approximate surface area is 145 Å². The largest absolute Gasteiger partial charge is 0.491 e. The van der Waals surface area contributed by atoms with Gasteiger partial charge < -0.3 is 15.4 Å². The van der Waals surface area contributed by atoms with Crippen molar-refractivity contribution in [3.05, 3.63) is 29.3 Å². The molecule has 1 aliphatic rings. The van der Waals surface area contributed by atoms with Gasteiger partial charge in [-0.05, 0) is 63.2 Å². The van der Waals surface area contributed by atoms with Gasteiger partial charge in [0.25, 0.3) is 0 Å². The van der Waals surface area contributed by atoms with Crippen LogP contribution in [0.25, 0.3) is 0 Å². The Hall–Kier alpha value is -1.26. The zero-order valence-electron chi connectivity index (χ0n) is 14.2. The fourth-order valence-electron chi connectivity index (χ4n) is 2.96. The van der Waals surface area contributed by atoms with Crippen molar-refractivity contribution in [2.45, 2.75) is 39.5 Å². The minimum absolute atomic E-state index is 0. The van der Waals surface area contributed by atoms with Crippen LogP contribution in [-0.2, 0) is 4.79 Å². The fourth-order valence-corrected chi connectivity index (χ4v) is 2.96. The number of carbonyl (C=O) groups is 1. The molecule has 0 spiro atoms. The number of hydrogen-bond donors (Lipinski definition) is 2. The molecule has 1 saturated heterocycles. The molecule has 1 heterocycles. The highest BCUT2D eigenvalue weighted by Crippen LogP contribution is 2.22. The maximum absolute atomic E-state index is 11.8. The number of halogens is 1. The molecule has 23 heavy (non-hydrogen) atoms. The number of carbonyl (C=O) groups excluding carboxylic acids is 1. The first-order valence-corrected chi connectivity index (χ1v) is 8.33. The van der Waals surface area contributed by atoms with Gasteiger partial charge in [0.15, 0.2) is 0 Å². The van der Waals surface area contributed by atoms with E-state index in [1.54, 1.807) is 0 Å². The summed E-state index contributed by atoms with van der Waals surface area (Å²) in [5.74, 6) is 1.79. The maximum atomic E-state index is 11.8. The van der Waals surface area contributed by atoms with Crippen molar-refractivity contribution in [2.75, 3.05) is 26.2 Å². The molecule has 1 fully saturated rings. The number of piperidine rings is 1. The summed E-state index contributed by atoms with van der Waals surface area (Å²) in [6, 6.07) is 6.11. The summed E-state index contributed by atoms with van der Waals surface area (Å²) < 4.78 is 5.79. The molecule has 1 aromatic carbocycles. The minimum Gasteiger partial charge on any atom is -0.491 e. The molecule has 0 aromatic heterocycles. The van der Waals surface area contributed by atoms with Gasteiger partial charge in [0.1, 0.15) is 12.4 Å². The Bertz CT molecular complexity index is 468. The number of benzene rings is 1. The Morgan fingerprint density at radius 2 is 1.91 bits per heavy atom. The first kappa shape index (κ1) is 19.8. The normalized spacial score (nSPS) is 14.9. The second-order valence-corrected chi connectivity index (χ2v) is 6.15. The predicted octanol–water partition coefficient (Wildman–Crippen LogP) is 3.00. The number of hydrogen-bond acceptors (Lipinski definition) is 3. The standard InChI is InChI=1S/C18H28N2O2.ClH/c1-14-4-3-5-15(2)18(14)22-13-12-20-17(21)7-6-16-8-10-19-11-9-16;/h3-5,16,19H,6-13H2,1-2H3,(H,20,21);1H. The van der Waals surface area contributed by atoms with Gasteiger partial charge in [-0.25, -0.2) is 0 Å². The van der Waals surface area contributed by atoms with Gasteiger partial charge in [-0.15, -0.1) is 12.4 Å². The molecule has 0 bridgehead atoms. The van der Waals surface area contributed by atoms with E-state index < -0.39 is 0 Å². The molecule has 2 N–H and O–H groups in total. The van der Waals surface area contributed by atoms with E-state index in [0.29, 0.717) is 25.5 Å². The number of aryl methyl sites for hydroxylation is 2. The Morgan fingerprint density at radius 3 is 2.57 bits per heavy atom.